The number of fused-ring (bicyclic) bond motifs is 1. The van der Waals surface area contributed by atoms with E-state index in [1.807, 2.05) is 5.51 Å². The molecule has 4 rings (SSSR count). The fraction of sp³-hybridized carbons (Fsp3) is 0.846. The van der Waals surface area contributed by atoms with E-state index in [0.29, 0.717) is 6.04 Å². The topological polar surface area (TPSA) is 41.5 Å². The summed E-state index contributed by atoms with van der Waals surface area (Å²) in [6.07, 6.45) is 3.80. The highest BCUT2D eigenvalue weighted by molar-refractivity contribution is 7.13. The Hall–Kier alpha value is -0.720. The number of hydrogen-bond donors (Lipinski definition) is 0. The molecule has 1 unspecified atom stereocenters. The molecule has 3 atom stereocenters. The minimum absolute atomic E-state index is 0.662. The second kappa shape index (κ2) is 5.00. The summed E-state index contributed by atoms with van der Waals surface area (Å²) in [5, 5.41) is 9.33. The molecule has 0 saturated carbocycles. The Bertz CT molecular complexity index is 420. The van der Waals surface area contributed by atoms with E-state index in [0.717, 1.165) is 36.8 Å². The van der Waals surface area contributed by atoms with Gasteiger partial charge in [0.1, 0.15) is 5.51 Å². The molecule has 0 spiro atoms. The van der Waals surface area contributed by atoms with Crippen molar-refractivity contribution in [3.8, 4) is 0 Å². The summed E-state index contributed by atoms with van der Waals surface area (Å²) in [5.41, 5.74) is 1.84. The van der Waals surface area contributed by atoms with Crippen molar-refractivity contribution < 1.29 is 4.74 Å². The van der Waals surface area contributed by atoms with Crippen molar-refractivity contribution in [2.45, 2.75) is 31.3 Å². The molecular formula is C13H20N4OS. The van der Waals surface area contributed by atoms with Gasteiger partial charge in [-0.3, -0.25) is 4.90 Å². The van der Waals surface area contributed by atoms with E-state index in [4.69, 9.17) is 4.74 Å². The van der Waals surface area contributed by atoms with E-state index in [1.54, 1.807) is 11.3 Å². The first-order valence-electron chi connectivity index (χ1n) is 7.26. The smallest absolute Gasteiger partial charge is 0.208 e. The average Bonchev–Trinajstić information content (AvgIpc) is 3.15. The van der Waals surface area contributed by atoms with Crippen molar-refractivity contribution in [1.29, 1.82) is 0 Å². The summed E-state index contributed by atoms with van der Waals surface area (Å²) in [6.45, 7) is 5.53. The van der Waals surface area contributed by atoms with Crippen LogP contribution in [0.4, 0.5) is 5.13 Å². The maximum atomic E-state index is 5.51. The van der Waals surface area contributed by atoms with Crippen LogP contribution in [0.5, 0.6) is 0 Å². The zero-order valence-corrected chi connectivity index (χ0v) is 11.9. The molecule has 0 aromatic carbocycles. The number of aromatic nitrogens is 2. The third-order valence-corrected chi connectivity index (χ3v) is 5.53. The van der Waals surface area contributed by atoms with Crippen molar-refractivity contribution in [2.75, 3.05) is 37.7 Å². The van der Waals surface area contributed by atoms with Crippen molar-refractivity contribution >= 4 is 16.5 Å². The monoisotopic (exact) mass is 280 g/mol. The van der Waals surface area contributed by atoms with Gasteiger partial charge in [-0.05, 0) is 25.2 Å². The predicted octanol–water partition coefficient (Wildman–Crippen LogP) is 1.23. The third-order valence-electron chi connectivity index (χ3n) is 4.80. The van der Waals surface area contributed by atoms with Crippen molar-refractivity contribution in [3.05, 3.63) is 5.51 Å². The maximum absolute atomic E-state index is 5.51. The Morgan fingerprint density at radius 1 is 1.26 bits per heavy atom. The number of ether oxygens (including phenoxy) is 1. The lowest BCUT2D eigenvalue weighted by molar-refractivity contribution is 0.162. The molecule has 3 saturated heterocycles. The Morgan fingerprint density at radius 2 is 2.21 bits per heavy atom. The van der Waals surface area contributed by atoms with Gasteiger partial charge in [-0.25, -0.2) is 0 Å². The summed E-state index contributed by atoms with van der Waals surface area (Å²) in [7, 11) is 0. The molecule has 3 aliphatic rings. The lowest BCUT2D eigenvalue weighted by Gasteiger charge is -2.26. The van der Waals surface area contributed by atoms with Gasteiger partial charge in [0.25, 0.3) is 0 Å². The van der Waals surface area contributed by atoms with Crippen LogP contribution >= 0.6 is 11.3 Å². The lowest BCUT2D eigenvalue weighted by Crippen LogP contribution is -2.38. The molecule has 104 valence electrons. The molecule has 0 aliphatic carbocycles. The molecule has 1 aromatic rings. The van der Waals surface area contributed by atoms with E-state index in [-0.39, 0.29) is 0 Å². The van der Waals surface area contributed by atoms with Gasteiger partial charge < -0.3 is 9.64 Å². The predicted molar refractivity (Wildman–Crippen MR) is 74.6 cm³/mol. The van der Waals surface area contributed by atoms with Gasteiger partial charge in [0, 0.05) is 38.3 Å². The van der Waals surface area contributed by atoms with E-state index in [2.05, 4.69) is 20.0 Å². The molecule has 19 heavy (non-hydrogen) atoms. The Labute approximate surface area is 117 Å². The van der Waals surface area contributed by atoms with Crippen LogP contribution in [0.15, 0.2) is 5.51 Å². The Morgan fingerprint density at radius 3 is 3.00 bits per heavy atom. The molecule has 0 N–H and O–H groups in total. The van der Waals surface area contributed by atoms with E-state index in [1.165, 1.54) is 32.4 Å². The molecule has 6 heteroatoms. The molecule has 0 amide bonds. The highest BCUT2D eigenvalue weighted by atomic mass is 32.1. The molecule has 3 fully saturated rings. The first kappa shape index (κ1) is 12.1. The van der Waals surface area contributed by atoms with Gasteiger partial charge >= 0.3 is 0 Å². The number of nitrogens with zero attached hydrogens (tertiary/aromatic N) is 4. The highest BCUT2D eigenvalue weighted by Crippen LogP contribution is 2.36. The number of likely N-dealkylation sites (tertiary alicyclic amines) is 1. The normalized spacial score (nSPS) is 35.2. The molecule has 5 nitrogen and oxygen atoms in total. The minimum atomic E-state index is 0.662. The average molecular weight is 280 g/mol. The number of anilines is 1. The summed E-state index contributed by atoms with van der Waals surface area (Å²) in [6, 6.07) is 1.39. The zero-order valence-electron chi connectivity index (χ0n) is 11.1. The van der Waals surface area contributed by atoms with Gasteiger partial charge in [0.2, 0.25) is 5.13 Å². The molecule has 3 aliphatic heterocycles. The molecule has 0 radical (unpaired) electrons. The first-order valence-corrected chi connectivity index (χ1v) is 8.14. The fourth-order valence-electron chi connectivity index (χ4n) is 3.89. The fourth-order valence-corrected chi connectivity index (χ4v) is 4.54. The van der Waals surface area contributed by atoms with Crippen LogP contribution in [-0.4, -0.2) is 60.0 Å². The van der Waals surface area contributed by atoms with Crippen LogP contribution < -0.4 is 4.90 Å². The second-order valence-corrected chi connectivity index (χ2v) is 6.66. The van der Waals surface area contributed by atoms with Crippen LogP contribution in [0, 0.1) is 5.92 Å². The van der Waals surface area contributed by atoms with Gasteiger partial charge in [-0.15, -0.1) is 10.2 Å². The first-order chi connectivity index (χ1) is 9.42. The standard InChI is InChI=1S/C13H20N4OS/c1-4-16(7-10-3-6-18-8-10)11-2-5-17(12(1)11)13-15-14-9-19-13/h9-12H,1-8H2/t10?,11-,12+/m0/s1. The van der Waals surface area contributed by atoms with E-state index in [9.17, 15) is 0 Å². The van der Waals surface area contributed by atoms with E-state index < -0.39 is 0 Å². The van der Waals surface area contributed by atoms with Crippen molar-refractivity contribution in [1.82, 2.24) is 15.1 Å². The SMILES string of the molecule is c1nnc(N2CC[C@H]3[C@H]2CCN3CC2CCOC2)s1. The zero-order chi connectivity index (χ0) is 12.7. The quantitative estimate of drug-likeness (QED) is 0.833. The van der Waals surface area contributed by atoms with Crippen LogP contribution in [0.25, 0.3) is 0 Å². The van der Waals surface area contributed by atoms with Gasteiger partial charge in [-0.1, -0.05) is 11.3 Å². The van der Waals surface area contributed by atoms with Crippen LogP contribution in [-0.2, 0) is 4.74 Å². The summed E-state index contributed by atoms with van der Waals surface area (Å²) >= 11 is 1.67. The van der Waals surface area contributed by atoms with Crippen molar-refractivity contribution in [2.24, 2.45) is 5.92 Å². The van der Waals surface area contributed by atoms with Gasteiger partial charge in [-0.2, -0.15) is 0 Å². The number of hydrogen-bond acceptors (Lipinski definition) is 6. The third kappa shape index (κ3) is 2.15. The Balaban J connectivity index is 1.43. The van der Waals surface area contributed by atoms with Gasteiger partial charge in [0.15, 0.2) is 0 Å². The largest absolute Gasteiger partial charge is 0.381 e. The Kier molecular flexibility index (Phi) is 3.17. The lowest BCUT2D eigenvalue weighted by atomic mass is 10.1. The van der Waals surface area contributed by atoms with Crippen LogP contribution in [0.2, 0.25) is 0 Å². The molecule has 4 heterocycles. The van der Waals surface area contributed by atoms with Crippen LogP contribution in [0.1, 0.15) is 19.3 Å². The summed E-state index contributed by atoms with van der Waals surface area (Å²) in [4.78, 5) is 5.18. The maximum Gasteiger partial charge on any atom is 0.208 e. The minimum Gasteiger partial charge on any atom is -0.381 e. The molecule has 1 aromatic heterocycles. The molecular weight excluding hydrogens is 260 g/mol. The van der Waals surface area contributed by atoms with Crippen molar-refractivity contribution in [3.63, 3.8) is 0 Å². The van der Waals surface area contributed by atoms with Gasteiger partial charge in [0.05, 0.1) is 6.61 Å². The summed E-state index contributed by atoms with van der Waals surface area (Å²) < 4.78 is 5.51. The highest BCUT2D eigenvalue weighted by Gasteiger charge is 2.43. The summed E-state index contributed by atoms with van der Waals surface area (Å²) in [5.74, 6) is 0.759. The van der Waals surface area contributed by atoms with E-state index >= 15 is 0 Å². The number of rotatable bonds is 3. The second-order valence-electron chi connectivity index (χ2n) is 5.85. The molecule has 0 bridgehead atoms. The van der Waals surface area contributed by atoms with Crippen LogP contribution in [0.3, 0.4) is 0 Å².